The first-order valence-corrected chi connectivity index (χ1v) is 34.4. The first kappa shape index (κ1) is 78.3. The van der Waals surface area contributed by atoms with Gasteiger partial charge in [0, 0.05) is 6.42 Å². The van der Waals surface area contributed by atoms with E-state index in [1.54, 1.807) is 6.08 Å². The summed E-state index contributed by atoms with van der Waals surface area (Å²) < 4.78 is 11.3. The molecule has 9 heteroatoms. The molecule has 1 saturated heterocycles. The third-order valence-corrected chi connectivity index (χ3v) is 15.5. The van der Waals surface area contributed by atoms with Crippen molar-refractivity contribution in [2.45, 2.75) is 320 Å². The molecule has 0 radical (unpaired) electrons. The fourth-order valence-electron chi connectivity index (χ4n) is 10.1. The van der Waals surface area contributed by atoms with Crippen molar-refractivity contribution < 1.29 is 39.8 Å². The molecule has 0 aliphatic carbocycles. The van der Waals surface area contributed by atoms with Gasteiger partial charge in [-0.2, -0.15) is 0 Å². The first-order chi connectivity index (χ1) is 41.3. The van der Waals surface area contributed by atoms with Crippen LogP contribution in [0, 0.1) is 0 Å². The second kappa shape index (κ2) is 62.4. The molecule has 84 heavy (non-hydrogen) atoms. The zero-order chi connectivity index (χ0) is 60.7. The standard InChI is InChI=1S/C75H127NO8/c1-3-5-7-9-11-13-15-17-19-21-23-25-27-29-30-31-32-33-34-35-36-37-38-39-40-41-43-45-47-49-51-53-55-57-59-61-63-65-71(79)76-68(67-83-75-74(82)73(81)72(80)70(66-77)84-75)69(78)64-62-60-58-56-54-52-50-48-46-44-42-28-26-24-22-20-18-16-14-12-10-8-6-4-2/h5,7,11,13,17,19,23,25,29-30,32-33,35-36,38-39,41,43,54,56,62,64,68-70,72-75,77-78,80-82H,3-4,6,8-10,12,14-16,18,20-22,24,26-28,31,34,37,40,42,44-53,55,57-61,63,65-67H2,1-2H3,(H,76,79)/b7-5-,13-11-,19-17-,25-23-,30-29-,33-32-,36-35-,39-38-,43-41-,56-54+,64-62+. The largest absolute Gasteiger partial charge is 0.394 e. The van der Waals surface area contributed by atoms with Gasteiger partial charge in [-0.15, -0.1) is 0 Å². The number of unbranched alkanes of at least 4 members (excludes halogenated alkanes) is 28. The molecule has 0 saturated carbocycles. The Morgan fingerprint density at radius 3 is 1.14 bits per heavy atom. The van der Waals surface area contributed by atoms with E-state index in [-0.39, 0.29) is 12.5 Å². The lowest BCUT2D eigenvalue weighted by Gasteiger charge is -2.40. The van der Waals surface area contributed by atoms with Crippen molar-refractivity contribution in [1.29, 1.82) is 0 Å². The number of hydrogen-bond acceptors (Lipinski definition) is 8. The highest BCUT2D eigenvalue weighted by Gasteiger charge is 2.44. The first-order valence-electron chi connectivity index (χ1n) is 34.4. The molecule has 1 aliphatic rings. The minimum Gasteiger partial charge on any atom is -0.394 e. The molecule has 480 valence electrons. The van der Waals surface area contributed by atoms with Gasteiger partial charge in [0.25, 0.3) is 0 Å². The van der Waals surface area contributed by atoms with Crippen molar-refractivity contribution in [1.82, 2.24) is 5.32 Å². The molecule has 6 N–H and O–H groups in total. The quantitative estimate of drug-likeness (QED) is 0.0261. The monoisotopic (exact) mass is 1170 g/mol. The molecule has 1 rings (SSSR count). The average Bonchev–Trinajstić information content (AvgIpc) is 3.70. The number of allylic oxidation sites excluding steroid dienone is 21. The number of carbonyl (C=O) groups excluding carboxylic acids is 1. The molecule has 1 heterocycles. The average molecular weight is 1170 g/mol. The summed E-state index contributed by atoms with van der Waals surface area (Å²) in [7, 11) is 0. The highest BCUT2D eigenvalue weighted by molar-refractivity contribution is 5.76. The SMILES string of the molecule is CC/C=C\C/C=C\C/C=C\C/C=C\C/C=C\C/C=C\C/C=C\C/C=C\C/C=C\CCCCCCCCCCCC(=O)NC(COC1OC(CO)C(O)C(O)C1O)C(O)/C=C/CC/C=C/CCCCCCCCCCCCCCCCCCCC. The number of ether oxygens (including phenoxy) is 2. The van der Waals surface area contributed by atoms with Crippen LogP contribution in [0.5, 0.6) is 0 Å². The van der Waals surface area contributed by atoms with Gasteiger partial charge in [-0.05, 0) is 103 Å². The predicted molar refractivity (Wildman–Crippen MR) is 359 cm³/mol. The molecule has 0 aromatic rings. The van der Waals surface area contributed by atoms with Crippen molar-refractivity contribution in [3.05, 3.63) is 134 Å². The van der Waals surface area contributed by atoms with Gasteiger partial charge in [0.2, 0.25) is 5.91 Å². The highest BCUT2D eigenvalue weighted by Crippen LogP contribution is 2.23. The summed E-state index contributed by atoms with van der Waals surface area (Å²) in [6, 6.07) is -0.836. The van der Waals surface area contributed by atoms with Crippen LogP contribution in [0.1, 0.15) is 277 Å². The number of aliphatic hydroxyl groups excluding tert-OH is 5. The minimum atomic E-state index is -1.58. The van der Waals surface area contributed by atoms with E-state index in [9.17, 15) is 30.3 Å². The van der Waals surface area contributed by atoms with E-state index in [0.717, 1.165) is 109 Å². The van der Waals surface area contributed by atoms with Gasteiger partial charge in [-0.3, -0.25) is 4.79 Å². The van der Waals surface area contributed by atoms with Crippen molar-refractivity contribution in [3.63, 3.8) is 0 Å². The number of amides is 1. The van der Waals surface area contributed by atoms with Crippen LogP contribution in [0.15, 0.2) is 134 Å². The molecule has 0 bridgehead atoms. The molecule has 7 atom stereocenters. The van der Waals surface area contributed by atoms with Crippen LogP contribution in [0.25, 0.3) is 0 Å². The van der Waals surface area contributed by atoms with Gasteiger partial charge < -0.3 is 40.3 Å². The smallest absolute Gasteiger partial charge is 0.220 e. The van der Waals surface area contributed by atoms with Crippen LogP contribution in [-0.2, 0) is 14.3 Å². The van der Waals surface area contributed by atoms with Crippen molar-refractivity contribution in [2.24, 2.45) is 0 Å². The Morgan fingerprint density at radius 2 is 0.750 bits per heavy atom. The Labute approximate surface area is 515 Å². The number of hydrogen-bond donors (Lipinski definition) is 6. The number of nitrogens with one attached hydrogen (secondary N) is 1. The molecule has 0 spiro atoms. The van der Waals surface area contributed by atoms with Gasteiger partial charge in [-0.1, -0.05) is 302 Å². The van der Waals surface area contributed by atoms with E-state index in [1.165, 1.54) is 148 Å². The van der Waals surface area contributed by atoms with Crippen molar-refractivity contribution >= 4 is 5.91 Å². The van der Waals surface area contributed by atoms with Gasteiger partial charge in [-0.25, -0.2) is 0 Å². The molecule has 1 amide bonds. The maximum absolute atomic E-state index is 13.1. The van der Waals surface area contributed by atoms with Crippen LogP contribution in [0.3, 0.4) is 0 Å². The van der Waals surface area contributed by atoms with Crippen LogP contribution >= 0.6 is 0 Å². The Kier molecular flexibility index (Phi) is 58.2. The number of aliphatic hydroxyl groups is 5. The fraction of sp³-hybridized carbons (Fsp3) is 0.693. The lowest BCUT2D eigenvalue weighted by Crippen LogP contribution is -2.60. The minimum absolute atomic E-state index is 0.196. The lowest BCUT2D eigenvalue weighted by molar-refractivity contribution is -0.302. The maximum Gasteiger partial charge on any atom is 0.220 e. The second-order valence-electron chi connectivity index (χ2n) is 23.2. The molecule has 1 fully saturated rings. The Hall–Kier alpha value is -3.67. The van der Waals surface area contributed by atoms with E-state index >= 15 is 0 Å². The third kappa shape index (κ3) is 50.5. The summed E-state index contributed by atoms with van der Waals surface area (Å²) in [6.07, 6.45) is 88.3. The summed E-state index contributed by atoms with van der Waals surface area (Å²) in [5.41, 5.74) is 0. The summed E-state index contributed by atoms with van der Waals surface area (Å²) in [6.45, 7) is 3.66. The van der Waals surface area contributed by atoms with E-state index in [4.69, 9.17) is 9.47 Å². The zero-order valence-corrected chi connectivity index (χ0v) is 53.6. The third-order valence-electron chi connectivity index (χ3n) is 15.5. The maximum atomic E-state index is 13.1. The molecule has 0 aromatic carbocycles. The molecule has 9 nitrogen and oxygen atoms in total. The van der Waals surface area contributed by atoms with Gasteiger partial charge in [0.15, 0.2) is 6.29 Å². The zero-order valence-electron chi connectivity index (χ0n) is 53.6. The summed E-state index contributed by atoms with van der Waals surface area (Å²) in [5, 5.41) is 54.7. The Bertz CT molecular complexity index is 1790. The van der Waals surface area contributed by atoms with E-state index in [1.807, 2.05) is 6.08 Å². The predicted octanol–water partition coefficient (Wildman–Crippen LogP) is 18.8. The summed E-state index contributed by atoms with van der Waals surface area (Å²) in [5.74, 6) is -0.196. The fourth-order valence-corrected chi connectivity index (χ4v) is 10.1. The summed E-state index contributed by atoms with van der Waals surface area (Å²) >= 11 is 0. The van der Waals surface area contributed by atoms with Crippen LogP contribution in [-0.4, -0.2) is 87.5 Å². The normalized spacial score (nSPS) is 19.1. The van der Waals surface area contributed by atoms with Gasteiger partial charge >= 0.3 is 0 Å². The number of carbonyl (C=O) groups is 1. The van der Waals surface area contributed by atoms with Gasteiger partial charge in [0.1, 0.15) is 24.4 Å². The highest BCUT2D eigenvalue weighted by atomic mass is 16.7. The lowest BCUT2D eigenvalue weighted by atomic mass is 9.99. The Morgan fingerprint density at radius 1 is 0.417 bits per heavy atom. The van der Waals surface area contributed by atoms with E-state index in [2.05, 4.69) is 141 Å². The van der Waals surface area contributed by atoms with Crippen LogP contribution in [0.2, 0.25) is 0 Å². The number of rotatable bonds is 58. The van der Waals surface area contributed by atoms with Crippen molar-refractivity contribution in [3.8, 4) is 0 Å². The molecular formula is C75H127NO8. The molecule has 0 aromatic heterocycles. The topological polar surface area (TPSA) is 149 Å². The molecular weight excluding hydrogens is 1040 g/mol. The molecule has 7 unspecified atom stereocenters. The van der Waals surface area contributed by atoms with Crippen molar-refractivity contribution in [2.75, 3.05) is 13.2 Å². The van der Waals surface area contributed by atoms with Crippen LogP contribution in [0.4, 0.5) is 0 Å². The summed E-state index contributed by atoms with van der Waals surface area (Å²) in [4.78, 5) is 13.1. The molecule has 1 aliphatic heterocycles. The van der Waals surface area contributed by atoms with E-state index in [0.29, 0.717) is 6.42 Å². The second-order valence-corrected chi connectivity index (χ2v) is 23.2. The van der Waals surface area contributed by atoms with E-state index < -0.39 is 49.5 Å². The Balaban J connectivity index is 2.19. The van der Waals surface area contributed by atoms with Gasteiger partial charge in [0.05, 0.1) is 25.4 Å². The van der Waals surface area contributed by atoms with Crippen LogP contribution < -0.4 is 5.32 Å².